The van der Waals surface area contributed by atoms with Crippen molar-refractivity contribution in [1.29, 1.82) is 0 Å². The first kappa shape index (κ1) is 14.4. The smallest absolute Gasteiger partial charge is 0.0795 e. The van der Waals surface area contributed by atoms with Gasteiger partial charge in [0.15, 0.2) is 0 Å². The summed E-state index contributed by atoms with van der Waals surface area (Å²) in [7, 11) is 0. The minimum Gasteiger partial charge on any atom is -0.374 e. The first-order chi connectivity index (χ1) is 9.76. The normalized spacial score (nSPS) is 31.6. The third-order valence-corrected chi connectivity index (χ3v) is 5.69. The molecule has 2 nitrogen and oxygen atoms in total. The van der Waals surface area contributed by atoms with Crippen molar-refractivity contribution in [2.45, 2.75) is 50.3 Å². The number of benzene rings is 1. The standard InChI is InChI=1S/C17H25NOS/c1-14(11-15-5-3-2-4-6-15)18-16-7-9-19-17(12-16)8-10-20-13-17/h2-6,14,16,18H,7-13H2,1H3. The molecule has 0 amide bonds. The summed E-state index contributed by atoms with van der Waals surface area (Å²) in [4.78, 5) is 0. The monoisotopic (exact) mass is 291 g/mol. The number of rotatable bonds is 4. The Bertz CT molecular complexity index is 416. The molecule has 2 fully saturated rings. The molecule has 0 aromatic heterocycles. The van der Waals surface area contributed by atoms with Gasteiger partial charge in [0.25, 0.3) is 0 Å². The molecule has 3 unspecified atom stereocenters. The van der Waals surface area contributed by atoms with Crippen molar-refractivity contribution >= 4 is 11.8 Å². The predicted molar refractivity (Wildman–Crippen MR) is 86.4 cm³/mol. The SMILES string of the molecule is CC(Cc1ccccc1)NC1CCOC2(CCSC2)C1. The van der Waals surface area contributed by atoms with Gasteiger partial charge in [-0.1, -0.05) is 30.3 Å². The summed E-state index contributed by atoms with van der Waals surface area (Å²) < 4.78 is 6.10. The highest BCUT2D eigenvalue weighted by molar-refractivity contribution is 7.99. The summed E-state index contributed by atoms with van der Waals surface area (Å²) >= 11 is 2.05. The summed E-state index contributed by atoms with van der Waals surface area (Å²) in [5, 5.41) is 3.83. The Morgan fingerprint density at radius 1 is 1.40 bits per heavy atom. The molecule has 1 aromatic carbocycles. The van der Waals surface area contributed by atoms with Gasteiger partial charge in [-0.2, -0.15) is 11.8 Å². The van der Waals surface area contributed by atoms with Crippen molar-refractivity contribution in [3.8, 4) is 0 Å². The van der Waals surface area contributed by atoms with Gasteiger partial charge in [-0.15, -0.1) is 0 Å². The van der Waals surface area contributed by atoms with Crippen LogP contribution in [0.5, 0.6) is 0 Å². The zero-order valence-electron chi connectivity index (χ0n) is 12.3. The number of thioether (sulfide) groups is 1. The van der Waals surface area contributed by atoms with E-state index in [1.807, 2.05) is 0 Å². The zero-order valence-corrected chi connectivity index (χ0v) is 13.1. The Balaban J connectivity index is 1.52. The van der Waals surface area contributed by atoms with E-state index >= 15 is 0 Å². The molecule has 0 saturated carbocycles. The zero-order chi connectivity index (χ0) is 13.8. The second kappa shape index (κ2) is 6.50. The van der Waals surface area contributed by atoms with Crippen LogP contribution < -0.4 is 5.32 Å². The number of hydrogen-bond donors (Lipinski definition) is 1. The number of hydrogen-bond acceptors (Lipinski definition) is 3. The van der Waals surface area contributed by atoms with E-state index in [0.717, 1.165) is 19.4 Å². The lowest BCUT2D eigenvalue weighted by atomic mass is 9.89. The van der Waals surface area contributed by atoms with E-state index < -0.39 is 0 Å². The molecule has 110 valence electrons. The number of nitrogens with one attached hydrogen (secondary N) is 1. The molecule has 3 heteroatoms. The van der Waals surface area contributed by atoms with Crippen molar-refractivity contribution in [3.63, 3.8) is 0 Å². The lowest BCUT2D eigenvalue weighted by molar-refractivity contribution is -0.0711. The van der Waals surface area contributed by atoms with Crippen molar-refractivity contribution in [2.24, 2.45) is 0 Å². The quantitative estimate of drug-likeness (QED) is 0.920. The maximum Gasteiger partial charge on any atom is 0.0795 e. The molecule has 0 aliphatic carbocycles. The molecule has 3 atom stereocenters. The van der Waals surface area contributed by atoms with Gasteiger partial charge >= 0.3 is 0 Å². The Labute approximate surface area is 126 Å². The van der Waals surface area contributed by atoms with Crippen LogP contribution in [0.25, 0.3) is 0 Å². The van der Waals surface area contributed by atoms with Crippen LogP contribution in [0.15, 0.2) is 30.3 Å². The van der Waals surface area contributed by atoms with Gasteiger partial charge < -0.3 is 10.1 Å². The molecular formula is C17H25NOS. The van der Waals surface area contributed by atoms with Crippen molar-refractivity contribution in [1.82, 2.24) is 5.32 Å². The largest absolute Gasteiger partial charge is 0.374 e. The molecule has 2 aliphatic rings. The van der Waals surface area contributed by atoms with Gasteiger partial charge in [-0.05, 0) is 43.9 Å². The van der Waals surface area contributed by atoms with Crippen LogP contribution in [0.2, 0.25) is 0 Å². The van der Waals surface area contributed by atoms with Gasteiger partial charge in [0.2, 0.25) is 0 Å². The second-order valence-electron chi connectivity index (χ2n) is 6.28. The highest BCUT2D eigenvalue weighted by Crippen LogP contribution is 2.38. The molecule has 20 heavy (non-hydrogen) atoms. The maximum atomic E-state index is 6.10. The van der Waals surface area contributed by atoms with E-state index in [1.54, 1.807) is 0 Å². The summed E-state index contributed by atoms with van der Waals surface area (Å²) in [5.41, 5.74) is 1.61. The molecule has 3 rings (SSSR count). The van der Waals surface area contributed by atoms with Crippen LogP contribution in [0.4, 0.5) is 0 Å². The van der Waals surface area contributed by atoms with E-state index in [2.05, 4.69) is 54.3 Å². The molecule has 2 heterocycles. The summed E-state index contributed by atoms with van der Waals surface area (Å²) in [6, 6.07) is 11.9. The van der Waals surface area contributed by atoms with Crippen molar-refractivity contribution in [3.05, 3.63) is 35.9 Å². The van der Waals surface area contributed by atoms with E-state index in [0.29, 0.717) is 12.1 Å². The average Bonchev–Trinajstić information content (AvgIpc) is 2.87. The molecule has 0 bridgehead atoms. The minimum absolute atomic E-state index is 0.188. The molecule has 2 saturated heterocycles. The van der Waals surface area contributed by atoms with Gasteiger partial charge in [-0.25, -0.2) is 0 Å². The van der Waals surface area contributed by atoms with E-state index in [1.165, 1.54) is 29.9 Å². The number of ether oxygens (including phenoxy) is 1. The lowest BCUT2D eigenvalue weighted by Crippen LogP contribution is -2.49. The topological polar surface area (TPSA) is 21.3 Å². The van der Waals surface area contributed by atoms with Crippen LogP contribution in [-0.4, -0.2) is 35.8 Å². The van der Waals surface area contributed by atoms with Crippen LogP contribution >= 0.6 is 11.8 Å². The average molecular weight is 291 g/mol. The maximum absolute atomic E-state index is 6.10. The third-order valence-electron chi connectivity index (χ3n) is 4.47. The minimum atomic E-state index is 0.188. The second-order valence-corrected chi connectivity index (χ2v) is 7.39. The molecule has 0 radical (unpaired) electrons. The highest BCUT2D eigenvalue weighted by atomic mass is 32.2. The first-order valence-electron chi connectivity index (χ1n) is 7.77. The third kappa shape index (κ3) is 3.57. The van der Waals surface area contributed by atoms with Gasteiger partial charge in [0.1, 0.15) is 0 Å². The summed E-state index contributed by atoms with van der Waals surface area (Å²) in [6.45, 7) is 3.23. The lowest BCUT2D eigenvalue weighted by Gasteiger charge is -2.39. The summed E-state index contributed by atoms with van der Waals surface area (Å²) in [6.07, 6.45) is 4.70. The molecular weight excluding hydrogens is 266 g/mol. The fraction of sp³-hybridized carbons (Fsp3) is 0.647. The van der Waals surface area contributed by atoms with E-state index in [-0.39, 0.29) is 5.60 Å². The fourth-order valence-electron chi connectivity index (χ4n) is 3.46. The molecule has 1 spiro atoms. The van der Waals surface area contributed by atoms with Gasteiger partial charge in [0, 0.05) is 24.4 Å². The molecule has 2 aliphatic heterocycles. The van der Waals surface area contributed by atoms with Crippen LogP contribution in [0.3, 0.4) is 0 Å². The Morgan fingerprint density at radius 3 is 3.00 bits per heavy atom. The van der Waals surface area contributed by atoms with Crippen LogP contribution in [-0.2, 0) is 11.2 Å². The van der Waals surface area contributed by atoms with Gasteiger partial charge in [-0.3, -0.25) is 0 Å². The van der Waals surface area contributed by atoms with Crippen LogP contribution in [0, 0.1) is 0 Å². The Hall–Kier alpha value is -0.510. The molecule has 1 aromatic rings. The Kier molecular flexibility index (Phi) is 4.69. The highest BCUT2D eigenvalue weighted by Gasteiger charge is 2.40. The van der Waals surface area contributed by atoms with E-state index in [9.17, 15) is 0 Å². The molecule has 1 N–H and O–H groups in total. The predicted octanol–water partition coefficient (Wildman–Crippen LogP) is 3.26. The van der Waals surface area contributed by atoms with Gasteiger partial charge in [0.05, 0.1) is 5.60 Å². The Morgan fingerprint density at radius 2 is 2.25 bits per heavy atom. The summed E-state index contributed by atoms with van der Waals surface area (Å²) in [5.74, 6) is 2.46. The van der Waals surface area contributed by atoms with E-state index in [4.69, 9.17) is 4.74 Å². The van der Waals surface area contributed by atoms with Crippen molar-refractivity contribution < 1.29 is 4.74 Å². The van der Waals surface area contributed by atoms with Crippen LogP contribution in [0.1, 0.15) is 31.7 Å². The first-order valence-corrected chi connectivity index (χ1v) is 8.93. The fourth-order valence-corrected chi connectivity index (χ4v) is 4.84. The van der Waals surface area contributed by atoms with Crippen molar-refractivity contribution in [2.75, 3.05) is 18.1 Å².